The van der Waals surface area contributed by atoms with Gasteiger partial charge < -0.3 is 15.0 Å². The van der Waals surface area contributed by atoms with Gasteiger partial charge in [0.2, 0.25) is 0 Å². The summed E-state index contributed by atoms with van der Waals surface area (Å²) >= 11 is 0. The first-order chi connectivity index (χ1) is 11.4. The summed E-state index contributed by atoms with van der Waals surface area (Å²) in [6, 6.07) is 9.00. The van der Waals surface area contributed by atoms with Crippen molar-refractivity contribution in [2.24, 2.45) is 5.92 Å². The number of amides is 1. The van der Waals surface area contributed by atoms with Crippen LogP contribution in [0.5, 0.6) is 0 Å². The van der Waals surface area contributed by atoms with Crippen molar-refractivity contribution >= 4 is 5.91 Å². The van der Waals surface area contributed by atoms with Gasteiger partial charge in [0.05, 0.1) is 18.2 Å². The summed E-state index contributed by atoms with van der Waals surface area (Å²) in [5.41, 5.74) is 1.22. The summed E-state index contributed by atoms with van der Waals surface area (Å²) in [4.78, 5) is 17.0. The standard InChI is InChI=1S/C18H20FN3O2/c1-12(2)10-22(18(24)16-7-13(8-20)9-21-16)11-17(23)14-3-5-15(19)6-4-14/h3-7,9,12,17,21,23H,10-11H2,1-2H3. The van der Waals surface area contributed by atoms with E-state index in [4.69, 9.17) is 5.26 Å². The summed E-state index contributed by atoms with van der Waals surface area (Å²) in [6.07, 6.45) is 0.552. The van der Waals surface area contributed by atoms with E-state index in [1.165, 1.54) is 41.4 Å². The molecule has 0 radical (unpaired) electrons. The van der Waals surface area contributed by atoms with Crippen molar-refractivity contribution in [2.45, 2.75) is 20.0 Å². The van der Waals surface area contributed by atoms with Crippen molar-refractivity contribution in [3.05, 3.63) is 59.2 Å². The number of hydrogen-bond donors (Lipinski definition) is 2. The molecule has 2 N–H and O–H groups in total. The molecule has 1 amide bonds. The minimum atomic E-state index is -0.918. The fourth-order valence-corrected chi connectivity index (χ4v) is 2.43. The fourth-order valence-electron chi connectivity index (χ4n) is 2.43. The number of nitrogens with zero attached hydrogens (tertiary/aromatic N) is 2. The fraction of sp³-hybridized carbons (Fsp3) is 0.333. The van der Waals surface area contributed by atoms with Gasteiger partial charge in [-0.3, -0.25) is 4.79 Å². The highest BCUT2D eigenvalue weighted by molar-refractivity contribution is 5.92. The lowest BCUT2D eigenvalue weighted by Crippen LogP contribution is -2.37. The number of hydrogen-bond acceptors (Lipinski definition) is 3. The average Bonchev–Trinajstić information content (AvgIpc) is 3.02. The highest BCUT2D eigenvalue weighted by Crippen LogP contribution is 2.17. The van der Waals surface area contributed by atoms with Crippen LogP contribution in [0.25, 0.3) is 0 Å². The maximum atomic E-state index is 13.0. The number of nitriles is 1. The van der Waals surface area contributed by atoms with Gasteiger partial charge in [0.1, 0.15) is 17.6 Å². The van der Waals surface area contributed by atoms with Gasteiger partial charge in [-0.05, 0) is 29.7 Å². The highest BCUT2D eigenvalue weighted by atomic mass is 19.1. The lowest BCUT2D eigenvalue weighted by molar-refractivity contribution is 0.0590. The number of aliphatic hydroxyl groups excluding tert-OH is 1. The lowest BCUT2D eigenvalue weighted by atomic mass is 10.1. The number of rotatable bonds is 6. The first kappa shape index (κ1) is 17.7. The molecule has 1 aromatic carbocycles. The molecule has 1 heterocycles. The normalized spacial score (nSPS) is 12.0. The number of nitrogens with one attached hydrogen (secondary N) is 1. The van der Waals surface area contributed by atoms with Crippen molar-refractivity contribution in [1.29, 1.82) is 5.26 Å². The van der Waals surface area contributed by atoms with E-state index >= 15 is 0 Å². The molecule has 2 aromatic rings. The Balaban J connectivity index is 2.16. The summed E-state index contributed by atoms with van der Waals surface area (Å²) in [7, 11) is 0. The smallest absolute Gasteiger partial charge is 0.270 e. The Labute approximate surface area is 140 Å². The quantitative estimate of drug-likeness (QED) is 0.855. The molecular formula is C18H20FN3O2. The van der Waals surface area contributed by atoms with Gasteiger partial charge in [0.15, 0.2) is 0 Å². The molecule has 0 bridgehead atoms. The van der Waals surface area contributed by atoms with Crippen LogP contribution < -0.4 is 0 Å². The Bertz CT molecular complexity index is 731. The van der Waals surface area contributed by atoms with Crippen LogP contribution in [0.1, 0.15) is 41.6 Å². The first-order valence-electron chi connectivity index (χ1n) is 7.72. The molecule has 2 rings (SSSR count). The molecule has 1 unspecified atom stereocenters. The molecule has 0 aliphatic carbocycles. The van der Waals surface area contributed by atoms with E-state index in [-0.39, 0.29) is 24.2 Å². The van der Waals surface area contributed by atoms with Crippen LogP contribution in [0.15, 0.2) is 36.5 Å². The van der Waals surface area contributed by atoms with E-state index in [9.17, 15) is 14.3 Å². The minimum Gasteiger partial charge on any atom is -0.387 e. The van der Waals surface area contributed by atoms with Gasteiger partial charge in [0, 0.05) is 12.7 Å². The van der Waals surface area contributed by atoms with Crippen LogP contribution in [-0.2, 0) is 0 Å². The van der Waals surface area contributed by atoms with Gasteiger partial charge in [-0.2, -0.15) is 5.26 Å². The molecule has 1 atom stereocenters. The molecule has 0 saturated heterocycles. The molecule has 24 heavy (non-hydrogen) atoms. The number of aromatic amines is 1. The number of aliphatic hydroxyl groups is 1. The number of halogens is 1. The molecule has 0 fully saturated rings. The molecule has 0 aliphatic rings. The van der Waals surface area contributed by atoms with Crippen LogP contribution in [0.4, 0.5) is 4.39 Å². The Morgan fingerprint density at radius 2 is 2.00 bits per heavy atom. The van der Waals surface area contributed by atoms with E-state index in [2.05, 4.69) is 4.98 Å². The third-order valence-corrected chi connectivity index (χ3v) is 3.56. The van der Waals surface area contributed by atoms with Crippen molar-refractivity contribution in [1.82, 2.24) is 9.88 Å². The maximum absolute atomic E-state index is 13.0. The predicted octanol–water partition coefficient (Wildman–Crippen LogP) is 2.86. The molecule has 0 saturated carbocycles. The van der Waals surface area contributed by atoms with Gasteiger partial charge in [-0.1, -0.05) is 26.0 Å². The van der Waals surface area contributed by atoms with Gasteiger partial charge in [-0.15, -0.1) is 0 Å². The second kappa shape index (κ2) is 7.75. The Morgan fingerprint density at radius 3 is 2.54 bits per heavy atom. The molecule has 6 heteroatoms. The Morgan fingerprint density at radius 1 is 1.33 bits per heavy atom. The number of carbonyl (C=O) groups excluding carboxylic acids is 1. The van der Waals surface area contributed by atoms with Crippen molar-refractivity contribution in [2.75, 3.05) is 13.1 Å². The van der Waals surface area contributed by atoms with Gasteiger partial charge >= 0.3 is 0 Å². The summed E-state index contributed by atoms with van der Waals surface area (Å²) in [5, 5.41) is 19.2. The molecule has 0 spiro atoms. The van der Waals surface area contributed by atoms with Crippen molar-refractivity contribution in [3.8, 4) is 6.07 Å². The zero-order chi connectivity index (χ0) is 17.7. The monoisotopic (exact) mass is 329 g/mol. The number of aromatic nitrogens is 1. The zero-order valence-corrected chi connectivity index (χ0v) is 13.7. The number of H-pyrrole nitrogens is 1. The molecule has 0 aliphatic heterocycles. The minimum absolute atomic E-state index is 0.0869. The summed E-state index contributed by atoms with van der Waals surface area (Å²) < 4.78 is 13.0. The van der Waals surface area contributed by atoms with E-state index in [0.717, 1.165) is 0 Å². The van der Waals surface area contributed by atoms with Crippen LogP contribution in [0.2, 0.25) is 0 Å². The number of carbonyl (C=O) groups is 1. The van der Waals surface area contributed by atoms with E-state index < -0.39 is 6.10 Å². The Hall–Kier alpha value is -2.65. The topological polar surface area (TPSA) is 80.1 Å². The zero-order valence-electron chi connectivity index (χ0n) is 13.7. The molecular weight excluding hydrogens is 309 g/mol. The molecule has 1 aromatic heterocycles. The van der Waals surface area contributed by atoms with Gasteiger partial charge in [0.25, 0.3) is 5.91 Å². The van der Waals surface area contributed by atoms with Crippen LogP contribution in [0.3, 0.4) is 0 Å². The SMILES string of the molecule is CC(C)CN(CC(O)c1ccc(F)cc1)C(=O)c1cc(C#N)c[nH]1. The molecule has 5 nitrogen and oxygen atoms in total. The van der Waals surface area contributed by atoms with Crippen LogP contribution in [0, 0.1) is 23.1 Å². The second-order valence-electron chi connectivity index (χ2n) is 6.09. The average molecular weight is 329 g/mol. The van der Waals surface area contributed by atoms with Crippen LogP contribution in [-0.4, -0.2) is 34.0 Å². The van der Waals surface area contributed by atoms with Crippen LogP contribution >= 0.6 is 0 Å². The van der Waals surface area contributed by atoms with Crippen molar-refractivity contribution < 1.29 is 14.3 Å². The Kier molecular flexibility index (Phi) is 5.72. The summed E-state index contributed by atoms with van der Waals surface area (Å²) in [6.45, 7) is 4.49. The van der Waals surface area contributed by atoms with E-state index in [1.54, 1.807) is 0 Å². The largest absolute Gasteiger partial charge is 0.387 e. The van der Waals surface area contributed by atoms with Gasteiger partial charge in [-0.25, -0.2) is 4.39 Å². The second-order valence-corrected chi connectivity index (χ2v) is 6.09. The lowest BCUT2D eigenvalue weighted by Gasteiger charge is -2.26. The van der Waals surface area contributed by atoms with E-state index in [0.29, 0.717) is 23.4 Å². The first-order valence-corrected chi connectivity index (χ1v) is 7.72. The third-order valence-electron chi connectivity index (χ3n) is 3.56. The maximum Gasteiger partial charge on any atom is 0.270 e. The highest BCUT2D eigenvalue weighted by Gasteiger charge is 2.22. The molecule has 126 valence electrons. The number of benzene rings is 1. The third kappa shape index (κ3) is 4.43. The van der Waals surface area contributed by atoms with Crippen molar-refractivity contribution in [3.63, 3.8) is 0 Å². The summed E-state index contributed by atoms with van der Waals surface area (Å²) in [5.74, 6) is -0.456. The predicted molar refractivity (Wildman–Crippen MR) is 87.6 cm³/mol. The van der Waals surface area contributed by atoms with E-state index in [1.807, 2.05) is 19.9 Å².